The van der Waals surface area contributed by atoms with Crippen LogP contribution in [0.15, 0.2) is 0 Å². The van der Waals surface area contributed by atoms with E-state index in [0.717, 1.165) is 46.3 Å². The monoisotopic (exact) mass is 440 g/mol. The van der Waals surface area contributed by atoms with Gasteiger partial charge >= 0.3 is 0 Å². The minimum Gasteiger partial charge on any atom is -0.0654 e. The summed E-state index contributed by atoms with van der Waals surface area (Å²) in [6.07, 6.45) is 34.5. The molecule has 0 heterocycles. The summed E-state index contributed by atoms with van der Waals surface area (Å²) in [5.41, 5.74) is 1.64. The standard InChI is InChI=1S/C32H56/c1-3-5-25-7-11-27(12-8-25)29-15-19-31(20-16-29)23-32(24-31)21-17-30(18-22-32)28-13-9-26(6-4-2)10-14-28/h25-30H,3-24H2,1-2H3. The first-order chi connectivity index (χ1) is 15.6. The van der Waals surface area contributed by atoms with E-state index in [2.05, 4.69) is 13.8 Å². The average molecular weight is 441 g/mol. The number of rotatable bonds is 6. The van der Waals surface area contributed by atoms with Crippen molar-refractivity contribution >= 4 is 0 Å². The Kier molecular flexibility index (Phi) is 7.65. The molecule has 0 aromatic heterocycles. The van der Waals surface area contributed by atoms with Crippen molar-refractivity contribution in [2.75, 3.05) is 0 Å². The Balaban J connectivity index is 1.02. The van der Waals surface area contributed by atoms with Crippen LogP contribution in [0.1, 0.15) is 155 Å². The zero-order valence-corrected chi connectivity index (χ0v) is 22.0. The highest BCUT2D eigenvalue weighted by Crippen LogP contribution is 2.67. The fourth-order valence-electron chi connectivity index (χ4n) is 10.4. The molecule has 0 N–H and O–H groups in total. The lowest BCUT2D eigenvalue weighted by Gasteiger charge is -2.62. The van der Waals surface area contributed by atoms with E-state index in [-0.39, 0.29) is 0 Å². The van der Waals surface area contributed by atoms with Crippen molar-refractivity contribution in [1.29, 1.82) is 0 Å². The highest BCUT2D eigenvalue weighted by Gasteiger charge is 2.56. The smallest absolute Gasteiger partial charge is 0.0287 e. The van der Waals surface area contributed by atoms with Gasteiger partial charge in [-0.2, -0.15) is 0 Å². The molecule has 0 radical (unpaired) electrons. The van der Waals surface area contributed by atoms with Gasteiger partial charge in [-0.05, 0) is 136 Å². The molecule has 5 aliphatic carbocycles. The maximum absolute atomic E-state index is 2.38. The van der Waals surface area contributed by atoms with Crippen molar-refractivity contribution in [3.63, 3.8) is 0 Å². The number of hydrogen-bond donors (Lipinski definition) is 0. The molecule has 5 saturated carbocycles. The summed E-state index contributed by atoms with van der Waals surface area (Å²) in [6, 6.07) is 0. The fraction of sp³-hybridized carbons (Fsp3) is 1.00. The van der Waals surface area contributed by atoms with Crippen LogP contribution in [-0.4, -0.2) is 0 Å². The van der Waals surface area contributed by atoms with E-state index in [9.17, 15) is 0 Å². The van der Waals surface area contributed by atoms with Gasteiger partial charge < -0.3 is 0 Å². The van der Waals surface area contributed by atoms with Crippen molar-refractivity contribution in [2.24, 2.45) is 46.3 Å². The van der Waals surface area contributed by atoms with Gasteiger partial charge in [0.1, 0.15) is 0 Å². The molecule has 0 heteroatoms. The molecule has 0 aliphatic heterocycles. The summed E-state index contributed by atoms with van der Waals surface area (Å²) in [4.78, 5) is 0. The Labute approximate surface area is 201 Å². The largest absolute Gasteiger partial charge is 0.0654 e. The molecule has 5 rings (SSSR count). The average Bonchev–Trinajstić information content (AvgIpc) is 2.81. The normalized spacial score (nSPS) is 47.4. The maximum Gasteiger partial charge on any atom is -0.0287 e. The van der Waals surface area contributed by atoms with Gasteiger partial charge in [-0.25, -0.2) is 0 Å². The lowest BCUT2D eigenvalue weighted by Crippen LogP contribution is -2.50. The van der Waals surface area contributed by atoms with Crippen molar-refractivity contribution in [3.05, 3.63) is 0 Å². The zero-order chi connectivity index (χ0) is 22.0. The van der Waals surface area contributed by atoms with Crippen molar-refractivity contribution in [3.8, 4) is 0 Å². The molecule has 0 unspecified atom stereocenters. The van der Waals surface area contributed by atoms with E-state index in [1.54, 1.807) is 116 Å². The molecule has 0 aromatic rings. The maximum atomic E-state index is 2.38. The fourth-order valence-corrected chi connectivity index (χ4v) is 10.4. The van der Waals surface area contributed by atoms with Crippen molar-refractivity contribution in [1.82, 2.24) is 0 Å². The predicted molar refractivity (Wildman–Crippen MR) is 139 cm³/mol. The van der Waals surface area contributed by atoms with Crippen LogP contribution in [0.5, 0.6) is 0 Å². The molecule has 0 amide bonds. The predicted octanol–water partition coefficient (Wildman–Crippen LogP) is 10.3. The summed E-state index contributed by atoms with van der Waals surface area (Å²) in [5.74, 6) is 6.60. The van der Waals surface area contributed by atoms with E-state index >= 15 is 0 Å². The molecule has 2 spiro atoms. The summed E-state index contributed by atoms with van der Waals surface area (Å²) in [6.45, 7) is 4.76. The molecule has 5 aliphatic rings. The Morgan fingerprint density at radius 1 is 0.438 bits per heavy atom. The third-order valence-electron chi connectivity index (χ3n) is 12.2. The summed E-state index contributed by atoms with van der Waals surface area (Å²) in [7, 11) is 0. The molecule has 5 fully saturated rings. The molecule has 184 valence electrons. The minimum atomic E-state index is 0.820. The molecular weight excluding hydrogens is 384 g/mol. The van der Waals surface area contributed by atoms with Gasteiger partial charge in [0.05, 0.1) is 0 Å². The van der Waals surface area contributed by atoms with E-state index in [1.807, 2.05) is 0 Å². The van der Waals surface area contributed by atoms with Gasteiger partial charge in [0.2, 0.25) is 0 Å². The molecule has 0 nitrogen and oxygen atoms in total. The van der Waals surface area contributed by atoms with Crippen LogP contribution in [0, 0.1) is 46.3 Å². The first kappa shape index (κ1) is 23.7. The van der Waals surface area contributed by atoms with Gasteiger partial charge in [0.25, 0.3) is 0 Å². The first-order valence-corrected chi connectivity index (χ1v) is 15.6. The summed E-state index contributed by atoms with van der Waals surface area (Å²) < 4.78 is 0. The Bertz CT molecular complexity index is 497. The van der Waals surface area contributed by atoms with Crippen molar-refractivity contribution < 1.29 is 0 Å². The zero-order valence-electron chi connectivity index (χ0n) is 22.0. The molecule has 0 saturated heterocycles. The SMILES string of the molecule is CCCC1CCC(C2CCC3(CC2)CC2(CCC(C4CCC(CCC)CC4)CC2)C3)CC1. The Morgan fingerprint density at radius 3 is 1.06 bits per heavy atom. The van der Waals surface area contributed by atoms with Crippen LogP contribution in [0.3, 0.4) is 0 Å². The van der Waals surface area contributed by atoms with E-state index < -0.39 is 0 Å². The van der Waals surface area contributed by atoms with Gasteiger partial charge in [0.15, 0.2) is 0 Å². The summed E-state index contributed by atoms with van der Waals surface area (Å²) >= 11 is 0. The van der Waals surface area contributed by atoms with Gasteiger partial charge in [-0.3, -0.25) is 0 Å². The lowest BCUT2D eigenvalue weighted by atomic mass is 9.43. The van der Waals surface area contributed by atoms with E-state index in [4.69, 9.17) is 0 Å². The lowest BCUT2D eigenvalue weighted by molar-refractivity contribution is -0.109. The third-order valence-corrected chi connectivity index (χ3v) is 12.2. The van der Waals surface area contributed by atoms with Gasteiger partial charge in [-0.15, -0.1) is 0 Å². The van der Waals surface area contributed by atoms with Crippen LogP contribution in [-0.2, 0) is 0 Å². The minimum absolute atomic E-state index is 0.820. The molecule has 0 aromatic carbocycles. The van der Waals surface area contributed by atoms with Gasteiger partial charge in [-0.1, -0.05) is 65.2 Å². The van der Waals surface area contributed by atoms with Crippen LogP contribution in [0.4, 0.5) is 0 Å². The second kappa shape index (κ2) is 10.3. The van der Waals surface area contributed by atoms with E-state index in [1.165, 1.54) is 25.7 Å². The molecule has 0 atom stereocenters. The molecular formula is C32H56. The van der Waals surface area contributed by atoms with Crippen LogP contribution in [0.2, 0.25) is 0 Å². The topological polar surface area (TPSA) is 0 Å². The highest BCUT2D eigenvalue weighted by molar-refractivity contribution is 5.07. The van der Waals surface area contributed by atoms with Gasteiger partial charge in [0, 0.05) is 0 Å². The Morgan fingerprint density at radius 2 is 0.750 bits per heavy atom. The Hall–Kier alpha value is 0. The molecule has 0 bridgehead atoms. The van der Waals surface area contributed by atoms with E-state index in [0.29, 0.717) is 0 Å². The second-order valence-electron chi connectivity index (χ2n) is 14.2. The summed E-state index contributed by atoms with van der Waals surface area (Å²) in [5, 5.41) is 0. The first-order valence-electron chi connectivity index (χ1n) is 15.6. The third kappa shape index (κ3) is 5.15. The van der Waals surface area contributed by atoms with Crippen LogP contribution >= 0.6 is 0 Å². The second-order valence-corrected chi connectivity index (χ2v) is 14.2. The molecule has 32 heavy (non-hydrogen) atoms. The van der Waals surface area contributed by atoms with Crippen molar-refractivity contribution in [2.45, 2.75) is 155 Å². The number of hydrogen-bond acceptors (Lipinski definition) is 0. The highest BCUT2D eigenvalue weighted by atomic mass is 14.6. The van der Waals surface area contributed by atoms with Crippen LogP contribution in [0.25, 0.3) is 0 Å². The van der Waals surface area contributed by atoms with Crippen LogP contribution < -0.4 is 0 Å². The quantitative estimate of drug-likeness (QED) is 0.385.